The molecule has 9 heteroatoms. The lowest BCUT2D eigenvalue weighted by Gasteiger charge is -2.36. The van der Waals surface area contributed by atoms with Crippen LogP contribution >= 0.6 is 0 Å². The van der Waals surface area contributed by atoms with Crippen molar-refractivity contribution in [2.24, 2.45) is 0 Å². The Balaban J connectivity index is 1.33. The number of H-pyrrole nitrogens is 1. The molecule has 0 bridgehead atoms. The van der Waals surface area contributed by atoms with Crippen LogP contribution in [0.5, 0.6) is 0 Å². The SMILES string of the molecule is CCc1cc2ncc(CN3CCN(c4ccc(C(=O)NC[C@H](C)O)nc4)CC3)cc2[nH]c1=O. The third kappa shape index (κ3) is 5.55. The van der Waals surface area contributed by atoms with Gasteiger partial charge in [0.05, 0.1) is 29.0 Å². The van der Waals surface area contributed by atoms with E-state index in [9.17, 15) is 14.7 Å². The monoisotopic (exact) mass is 450 g/mol. The topological polar surface area (TPSA) is 114 Å². The average Bonchev–Trinajstić information content (AvgIpc) is 2.82. The van der Waals surface area contributed by atoms with Gasteiger partial charge in [0.25, 0.3) is 11.5 Å². The Bertz CT molecular complexity index is 1170. The summed E-state index contributed by atoms with van der Waals surface area (Å²) in [6.07, 6.45) is 3.71. The molecule has 0 spiro atoms. The van der Waals surface area contributed by atoms with E-state index in [0.29, 0.717) is 12.1 Å². The first-order chi connectivity index (χ1) is 15.9. The molecule has 3 aromatic heterocycles. The zero-order valence-corrected chi connectivity index (χ0v) is 19.0. The first-order valence-corrected chi connectivity index (χ1v) is 11.3. The number of nitrogens with zero attached hydrogens (tertiary/aromatic N) is 4. The zero-order valence-electron chi connectivity index (χ0n) is 19.0. The number of aliphatic hydroxyl groups is 1. The van der Waals surface area contributed by atoms with Gasteiger partial charge in [-0.25, -0.2) is 4.98 Å². The van der Waals surface area contributed by atoms with Gasteiger partial charge in [-0.1, -0.05) is 6.92 Å². The number of pyridine rings is 3. The highest BCUT2D eigenvalue weighted by Gasteiger charge is 2.18. The molecular weight excluding hydrogens is 420 g/mol. The molecule has 174 valence electrons. The van der Waals surface area contributed by atoms with Gasteiger partial charge in [0.1, 0.15) is 5.69 Å². The number of carbonyl (C=O) groups excluding carboxylic acids is 1. The molecule has 33 heavy (non-hydrogen) atoms. The van der Waals surface area contributed by atoms with Crippen LogP contribution in [-0.2, 0) is 13.0 Å². The number of piperazine rings is 1. The second-order valence-electron chi connectivity index (χ2n) is 8.48. The first kappa shape index (κ1) is 22.9. The summed E-state index contributed by atoms with van der Waals surface area (Å²) in [6.45, 7) is 8.04. The number of carbonyl (C=O) groups is 1. The van der Waals surface area contributed by atoms with Crippen molar-refractivity contribution in [3.63, 3.8) is 0 Å². The molecule has 0 unspecified atom stereocenters. The van der Waals surface area contributed by atoms with Crippen molar-refractivity contribution in [2.45, 2.75) is 32.9 Å². The van der Waals surface area contributed by atoms with E-state index in [1.165, 1.54) is 0 Å². The summed E-state index contributed by atoms with van der Waals surface area (Å²) in [5.74, 6) is -0.288. The fourth-order valence-electron chi connectivity index (χ4n) is 3.98. The molecule has 9 nitrogen and oxygen atoms in total. The van der Waals surface area contributed by atoms with E-state index in [2.05, 4.69) is 30.1 Å². The van der Waals surface area contributed by atoms with E-state index in [-0.39, 0.29) is 18.0 Å². The van der Waals surface area contributed by atoms with Crippen molar-refractivity contribution in [2.75, 3.05) is 37.6 Å². The fourth-order valence-corrected chi connectivity index (χ4v) is 3.98. The maximum atomic E-state index is 12.1. The van der Waals surface area contributed by atoms with Gasteiger partial charge in [0.15, 0.2) is 0 Å². The number of hydrogen-bond donors (Lipinski definition) is 3. The van der Waals surface area contributed by atoms with E-state index in [1.807, 2.05) is 31.3 Å². The van der Waals surface area contributed by atoms with Gasteiger partial charge in [0, 0.05) is 51.0 Å². The highest BCUT2D eigenvalue weighted by molar-refractivity contribution is 5.92. The molecule has 0 aliphatic carbocycles. The predicted molar refractivity (Wildman–Crippen MR) is 127 cm³/mol. The third-order valence-corrected chi connectivity index (χ3v) is 5.89. The quantitative estimate of drug-likeness (QED) is 0.497. The highest BCUT2D eigenvalue weighted by Crippen LogP contribution is 2.18. The Kier molecular flexibility index (Phi) is 7.00. The maximum absolute atomic E-state index is 12.1. The average molecular weight is 451 g/mol. The zero-order chi connectivity index (χ0) is 23.4. The molecule has 4 rings (SSSR count). The number of aryl methyl sites for hydroxylation is 1. The van der Waals surface area contributed by atoms with Crippen molar-refractivity contribution in [3.05, 3.63) is 63.8 Å². The minimum Gasteiger partial charge on any atom is -0.392 e. The van der Waals surface area contributed by atoms with E-state index >= 15 is 0 Å². The van der Waals surface area contributed by atoms with Gasteiger partial charge in [0.2, 0.25) is 0 Å². The molecule has 0 saturated carbocycles. The van der Waals surface area contributed by atoms with Gasteiger partial charge >= 0.3 is 0 Å². The minimum atomic E-state index is -0.592. The van der Waals surface area contributed by atoms with E-state index in [4.69, 9.17) is 0 Å². The summed E-state index contributed by atoms with van der Waals surface area (Å²) >= 11 is 0. The molecule has 4 heterocycles. The van der Waals surface area contributed by atoms with Gasteiger partial charge in [-0.05, 0) is 43.2 Å². The number of anilines is 1. The highest BCUT2D eigenvalue weighted by atomic mass is 16.3. The van der Waals surface area contributed by atoms with Crippen LogP contribution in [0.2, 0.25) is 0 Å². The van der Waals surface area contributed by atoms with Crippen molar-refractivity contribution < 1.29 is 9.90 Å². The largest absolute Gasteiger partial charge is 0.392 e. The van der Waals surface area contributed by atoms with Crippen molar-refractivity contribution in [1.82, 2.24) is 25.2 Å². The van der Waals surface area contributed by atoms with Crippen LogP contribution in [-0.4, -0.2) is 69.7 Å². The molecule has 3 aromatic rings. The van der Waals surface area contributed by atoms with E-state index in [1.54, 1.807) is 19.2 Å². The Hall–Kier alpha value is -3.30. The van der Waals surface area contributed by atoms with Crippen molar-refractivity contribution >= 4 is 22.6 Å². The molecular formula is C24H30N6O3. The summed E-state index contributed by atoms with van der Waals surface area (Å²) in [4.78, 5) is 40.6. The number of aliphatic hydroxyl groups excluding tert-OH is 1. The van der Waals surface area contributed by atoms with Crippen molar-refractivity contribution in [1.29, 1.82) is 0 Å². The second kappa shape index (κ2) is 10.1. The van der Waals surface area contributed by atoms with Gasteiger partial charge < -0.3 is 20.3 Å². The first-order valence-electron chi connectivity index (χ1n) is 11.3. The fraction of sp³-hybridized carbons (Fsp3) is 0.417. The lowest BCUT2D eigenvalue weighted by atomic mass is 10.1. The van der Waals surface area contributed by atoms with Crippen LogP contribution in [0.3, 0.4) is 0 Å². The van der Waals surface area contributed by atoms with Gasteiger partial charge in [-0.15, -0.1) is 0 Å². The van der Waals surface area contributed by atoms with Crippen molar-refractivity contribution in [3.8, 4) is 0 Å². The number of aromatic amines is 1. The van der Waals surface area contributed by atoms with Crippen LogP contribution in [0, 0.1) is 0 Å². The molecule has 1 amide bonds. The van der Waals surface area contributed by atoms with Crippen LogP contribution in [0.1, 0.15) is 35.5 Å². The Morgan fingerprint density at radius 1 is 1.18 bits per heavy atom. The molecule has 0 aromatic carbocycles. The summed E-state index contributed by atoms with van der Waals surface area (Å²) in [5.41, 5.74) is 4.70. The maximum Gasteiger partial charge on any atom is 0.269 e. The second-order valence-corrected chi connectivity index (χ2v) is 8.48. The molecule has 1 aliphatic heterocycles. The Morgan fingerprint density at radius 2 is 1.97 bits per heavy atom. The standard InChI is InChI=1S/C24H30N6O3/c1-3-18-11-21-22(28-23(18)32)10-17(13-25-21)15-29-6-8-30(9-7-29)19-4-5-20(26-14-19)24(33)27-12-16(2)31/h4-5,10-11,13-14,16,31H,3,6-9,12,15H2,1-2H3,(H,27,33)(H,28,32)/t16-/m0/s1. The lowest BCUT2D eigenvalue weighted by molar-refractivity contribution is 0.0919. The molecule has 1 fully saturated rings. The van der Waals surface area contributed by atoms with Crippen LogP contribution in [0.15, 0.2) is 41.5 Å². The number of hydrogen-bond acceptors (Lipinski definition) is 7. The van der Waals surface area contributed by atoms with E-state index in [0.717, 1.165) is 60.6 Å². The number of amides is 1. The predicted octanol–water partition coefficient (Wildman–Crippen LogP) is 1.31. The lowest BCUT2D eigenvalue weighted by Crippen LogP contribution is -2.46. The normalized spacial score (nSPS) is 15.5. The molecule has 1 saturated heterocycles. The summed E-state index contributed by atoms with van der Waals surface area (Å²) in [7, 11) is 0. The minimum absolute atomic E-state index is 0.0439. The molecule has 1 aliphatic rings. The Labute approximate surface area is 192 Å². The smallest absolute Gasteiger partial charge is 0.269 e. The number of aromatic nitrogens is 3. The molecule has 1 atom stereocenters. The van der Waals surface area contributed by atoms with Gasteiger partial charge in [-0.3, -0.25) is 19.5 Å². The van der Waals surface area contributed by atoms with Crippen LogP contribution in [0.4, 0.5) is 5.69 Å². The number of nitrogens with one attached hydrogen (secondary N) is 2. The summed E-state index contributed by atoms with van der Waals surface area (Å²) < 4.78 is 0. The molecule has 3 N–H and O–H groups in total. The number of fused-ring (bicyclic) bond motifs is 1. The summed E-state index contributed by atoms with van der Waals surface area (Å²) in [5, 5.41) is 11.9. The van der Waals surface area contributed by atoms with E-state index < -0.39 is 6.10 Å². The Morgan fingerprint density at radius 3 is 2.64 bits per heavy atom. The number of rotatable bonds is 7. The third-order valence-electron chi connectivity index (χ3n) is 5.89. The van der Waals surface area contributed by atoms with Crippen LogP contribution in [0.25, 0.3) is 11.0 Å². The van der Waals surface area contributed by atoms with Crippen LogP contribution < -0.4 is 15.8 Å². The summed E-state index contributed by atoms with van der Waals surface area (Å²) in [6, 6.07) is 7.51. The molecule has 0 radical (unpaired) electrons. The van der Waals surface area contributed by atoms with Gasteiger partial charge in [-0.2, -0.15) is 0 Å².